The van der Waals surface area contributed by atoms with Crippen molar-refractivity contribution in [1.29, 1.82) is 0 Å². The van der Waals surface area contributed by atoms with Gasteiger partial charge in [0.25, 0.3) is 0 Å². The van der Waals surface area contributed by atoms with E-state index in [1.54, 1.807) is 0 Å². The molecule has 2 N–H and O–H groups in total. The van der Waals surface area contributed by atoms with E-state index in [1.807, 2.05) is 18.2 Å². The van der Waals surface area contributed by atoms with Crippen LogP contribution in [0.5, 0.6) is 0 Å². The van der Waals surface area contributed by atoms with Crippen molar-refractivity contribution in [3.05, 3.63) is 59.1 Å². The second-order valence-corrected chi connectivity index (χ2v) is 5.07. The lowest BCUT2D eigenvalue weighted by Gasteiger charge is -2.04. The molecule has 0 spiro atoms. The standard InChI is InChI=1S/C15H14ClN/c16-13-3-1-2-12(8-13)10-4-6-11(7-5-10)14-9-15(14)17/h1-8,14-15H,9,17H2/t14-,15+/m0/s1. The third kappa shape index (κ3) is 2.21. The topological polar surface area (TPSA) is 26.0 Å². The van der Waals surface area contributed by atoms with Crippen molar-refractivity contribution in [3.8, 4) is 11.1 Å². The monoisotopic (exact) mass is 243 g/mol. The molecule has 0 bridgehead atoms. The Kier molecular flexibility index (Phi) is 2.65. The third-order valence-electron chi connectivity index (χ3n) is 3.34. The molecule has 2 heteroatoms. The molecule has 0 heterocycles. The average Bonchev–Trinajstić information content (AvgIpc) is 3.07. The Morgan fingerprint density at radius 2 is 1.71 bits per heavy atom. The predicted octanol–water partition coefficient (Wildman–Crippen LogP) is 3.82. The van der Waals surface area contributed by atoms with Gasteiger partial charge in [0.1, 0.15) is 0 Å². The minimum absolute atomic E-state index is 0.368. The maximum Gasteiger partial charge on any atom is 0.0412 e. The van der Waals surface area contributed by atoms with E-state index in [0.29, 0.717) is 12.0 Å². The van der Waals surface area contributed by atoms with Gasteiger partial charge in [-0.25, -0.2) is 0 Å². The molecule has 1 saturated carbocycles. The number of nitrogens with two attached hydrogens (primary N) is 1. The Bertz CT molecular complexity index is 533. The zero-order chi connectivity index (χ0) is 11.8. The molecular weight excluding hydrogens is 230 g/mol. The van der Waals surface area contributed by atoms with Crippen molar-refractivity contribution in [3.63, 3.8) is 0 Å². The highest BCUT2D eigenvalue weighted by atomic mass is 35.5. The molecule has 2 atom stereocenters. The van der Waals surface area contributed by atoms with Gasteiger partial charge in [0.15, 0.2) is 0 Å². The minimum Gasteiger partial charge on any atom is -0.327 e. The summed E-state index contributed by atoms with van der Waals surface area (Å²) >= 11 is 5.99. The quantitative estimate of drug-likeness (QED) is 0.853. The summed E-state index contributed by atoms with van der Waals surface area (Å²) in [5.41, 5.74) is 9.56. The van der Waals surface area contributed by atoms with Gasteiger partial charge in [-0.2, -0.15) is 0 Å². The first-order chi connectivity index (χ1) is 8.24. The van der Waals surface area contributed by atoms with Crippen LogP contribution in [0.1, 0.15) is 17.9 Å². The molecule has 0 aliphatic heterocycles. The van der Waals surface area contributed by atoms with Crippen molar-refractivity contribution in [2.75, 3.05) is 0 Å². The van der Waals surface area contributed by atoms with Crippen molar-refractivity contribution >= 4 is 11.6 Å². The van der Waals surface area contributed by atoms with Gasteiger partial charge in [0, 0.05) is 17.0 Å². The first kappa shape index (κ1) is 10.8. The lowest BCUT2D eigenvalue weighted by atomic mass is 10.0. The average molecular weight is 244 g/mol. The lowest BCUT2D eigenvalue weighted by Crippen LogP contribution is -2.00. The fourth-order valence-corrected chi connectivity index (χ4v) is 2.38. The number of halogens is 1. The summed E-state index contributed by atoms with van der Waals surface area (Å²) in [6, 6.07) is 16.9. The molecule has 17 heavy (non-hydrogen) atoms. The van der Waals surface area contributed by atoms with Crippen LogP contribution in [0.2, 0.25) is 5.02 Å². The Labute approximate surface area is 106 Å². The second kappa shape index (κ2) is 4.17. The predicted molar refractivity (Wildman–Crippen MR) is 72.2 cm³/mol. The number of hydrogen-bond acceptors (Lipinski definition) is 1. The minimum atomic E-state index is 0.368. The number of rotatable bonds is 2. The van der Waals surface area contributed by atoms with Crippen molar-refractivity contribution < 1.29 is 0 Å². The molecule has 3 rings (SSSR count). The van der Waals surface area contributed by atoms with Gasteiger partial charge < -0.3 is 5.73 Å². The fourth-order valence-electron chi connectivity index (χ4n) is 2.19. The zero-order valence-corrected chi connectivity index (χ0v) is 10.2. The summed E-state index contributed by atoms with van der Waals surface area (Å²) in [5.74, 6) is 0.573. The van der Waals surface area contributed by atoms with E-state index in [2.05, 4.69) is 30.3 Å². The van der Waals surface area contributed by atoms with Gasteiger partial charge in [-0.05, 0) is 35.2 Å². The van der Waals surface area contributed by atoms with Crippen LogP contribution in [-0.2, 0) is 0 Å². The molecule has 0 amide bonds. The summed E-state index contributed by atoms with van der Waals surface area (Å²) in [6.07, 6.45) is 1.12. The van der Waals surface area contributed by atoms with Crippen LogP contribution < -0.4 is 5.73 Å². The van der Waals surface area contributed by atoms with Gasteiger partial charge in [0.05, 0.1) is 0 Å². The third-order valence-corrected chi connectivity index (χ3v) is 3.57. The number of hydrogen-bond donors (Lipinski definition) is 1. The SMILES string of the molecule is N[C@@H]1C[C@H]1c1ccc(-c2cccc(Cl)c2)cc1. The molecule has 1 aliphatic carbocycles. The second-order valence-electron chi connectivity index (χ2n) is 4.64. The first-order valence-electron chi connectivity index (χ1n) is 5.85. The molecule has 2 aromatic carbocycles. The molecule has 0 radical (unpaired) electrons. The molecule has 2 aromatic rings. The van der Waals surface area contributed by atoms with E-state index in [-0.39, 0.29) is 0 Å². The molecular formula is C15H14ClN. The molecule has 0 aromatic heterocycles. The van der Waals surface area contributed by atoms with Crippen LogP contribution in [-0.4, -0.2) is 6.04 Å². The van der Waals surface area contributed by atoms with Gasteiger partial charge in [-0.3, -0.25) is 0 Å². The normalized spacial score (nSPS) is 22.5. The van der Waals surface area contributed by atoms with Gasteiger partial charge in [-0.15, -0.1) is 0 Å². The summed E-state index contributed by atoms with van der Waals surface area (Å²) in [4.78, 5) is 0. The van der Waals surface area contributed by atoms with Crippen molar-refractivity contribution in [2.24, 2.45) is 5.73 Å². The Morgan fingerprint density at radius 1 is 1.00 bits per heavy atom. The first-order valence-corrected chi connectivity index (χ1v) is 6.23. The summed E-state index contributed by atoms with van der Waals surface area (Å²) < 4.78 is 0. The Morgan fingerprint density at radius 3 is 2.29 bits per heavy atom. The number of benzene rings is 2. The van der Waals surface area contributed by atoms with Crippen LogP contribution in [0.3, 0.4) is 0 Å². The molecule has 86 valence electrons. The molecule has 0 saturated heterocycles. The largest absolute Gasteiger partial charge is 0.327 e. The maximum absolute atomic E-state index is 5.99. The van der Waals surface area contributed by atoms with Crippen LogP contribution in [0.25, 0.3) is 11.1 Å². The van der Waals surface area contributed by atoms with E-state index in [4.69, 9.17) is 17.3 Å². The van der Waals surface area contributed by atoms with Gasteiger partial charge >= 0.3 is 0 Å². The van der Waals surface area contributed by atoms with Crippen molar-refractivity contribution in [1.82, 2.24) is 0 Å². The van der Waals surface area contributed by atoms with Gasteiger partial charge in [0.2, 0.25) is 0 Å². The zero-order valence-electron chi connectivity index (χ0n) is 9.44. The fraction of sp³-hybridized carbons (Fsp3) is 0.200. The Hall–Kier alpha value is -1.31. The summed E-state index contributed by atoms with van der Waals surface area (Å²) in [7, 11) is 0. The van der Waals surface area contributed by atoms with Crippen LogP contribution in [0.15, 0.2) is 48.5 Å². The lowest BCUT2D eigenvalue weighted by molar-refractivity contribution is 0.991. The van der Waals surface area contributed by atoms with E-state index in [1.165, 1.54) is 11.1 Å². The van der Waals surface area contributed by atoms with Crippen LogP contribution in [0.4, 0.5) is 0 Å². The highest BCUT2D eigenvalue weighted by Gasteiger charge is 2.34. The van der Waals surface area contributed by atoms with E-state index >= 15 is 0 Å². The highest BCUT2D eigenvalue weighted by molar-refractivity contribution is 6.30. The van der Waals surface area contributed by atoms with E-state index in [9.17, 15) is 0 Å². The molecule has 1 nitrogen and oxygen atoms in total. The summed E-state index contributed by atoms with van der Waals surface area (Å²) in [6.45, 7) is 0. The van der Waals surface area contributed by atoms with Crippen molar-refractivity contribution in [2.45, 2.75) is 18.4 Å². The van der Waals surface area contributed by atoms with Crippen LogP contribution in [0, 0.1) is 0 Å². The van der Waals surface area contributed by atoms with E-state index in [0.717, 1.165) is 17.0 Å². The van der Waals surface area contributed by atoms with E-state index < -0.39 is 0 Å². The maximum atomic E-state index is 5.99. The smallest absolute Gasteiger partial charge is 0.0412 e. The molecule has 1 fully saturated rings. The highest BCUT2D eigenvalue weighted by Crippen LogP contribution is 2.39. The molecule has 0 unspecified atom stereocenters. The van der Waals surface area contributed by atoms with Crippen LogP contribution >= 0.6 is 11.6 Å². The summed E-state index contributed by atoms with van der Waals surface area (Å²) in [5, 5.41) is 0.774. The van der Waals surface area contributed by atoms with Gasteiger partial charge in [-0.1, -0.05) is 48.0 Å². The molecule has 1 aliphatic rings. The Balaban J connectivity index is 1.89.